The van der Waals surface area contributed by atoms with Crippen molar-refractivity contribution in [2.75, 3.05) is 26.8 Å². The molecule has 2 atom stereocenters. The SMILES string of the molecule is CCC(C)C1COC(=O)N1C1CCN(S(=O)(=O)c2c(C)cc(OC)c(C)c2C)CC1. The number of hydrogen-bond donors (Lipinski definition) is 0. The zero-order valence-corrected chi connectivity index (χ0v) is 19.7. The van der Waals surface area contributed by atoms with E-state index in [0.717, 1.165) is 17.5 Å². The van der Waals surface area contributed by atoms with E-state index in [2.05, 4.69) is 13.8 Å². The maximum Gasteiger partial charge on any atom is 0.410 e. The maximum atomic E-state index is 13.5. The molecule has 0 saturated carbocycles. The predicted molar refractivity (Wildman–Crippen MR) is 115 cm³/mol. The summed E-state index contributed by atoms with van der Waals surface area (Å²) >= 11 is 0. The third-order valence-electron chi connectivity index (χ3n) is 6.86. The van der Waals surface area contributed by atoms with Crippen LogP contribution in [0.25, 0.3) is 0 Å². The molecule has 0 radical (unpaired) electrons. The fourth-order valence-electron chi connectivity index (χ4n) is 4.70. The number of nitrogens with zero attached hydrogens (tertiary/aromatic N) is 2. The van der Waals surface area contributed by atoms with Crippen LogP contribution in [0.15, 0.2) is 11.0 Å². The first-order valence-corrected chi connectivity index (χ1v) is 12.2. The van der Waals surface area contributed by atoms with Crippen LogP contribution in [0.1, 0.15) is 49.8 Å². The molecule has 2 fully saturated rings. The minimum atomic E-state index is -3.62. The van der Waals surface area contributed by atoms with Gasteiger partial charge in [-0.2, -0.15) is 4.31 Å². The molecule has 0 N–H and O–H groups in total. The Labute approximate surface area is 180 Å². The first-order valence-electron chi connectivity index (χ1n) is 10.7. The van der Waals surface area contributed by atoms with Crippen LogP contribution < -0.4 is 4.74 Å². The van der Waals surface area contributed by atoms with Crippen LogP contribution in [0.5, 0.6) is 5.75 Å². The Balaban J connectivity index is 1.80. The number of amides is 1. The maximum absolute atomic E-state index is 13.5. The Morgan fingerprint density at radius 1 is 1.20 bits per heavy atom. The number of rotatable bonds is 6. The molecule has 7 nitrogen and oxygen atoms in total. The Bertz CT molecular complexity index is 907. The summed E-state index contributed by atoms with van der Waals surface area (Å²) in [6, 6.07) is 1.88. The van der Waals surface area contributed by atoms with Crippen molar-refractivity contribution in [3.63, 3.8) is 0 Å². The van der Waals surface area contributed by atoms with Crippen molar-refractivity contribution in [3.05, 3.63) is 22.8 Å². The molecule has 2 aliphatic rings. The fraction of sp³-hybridized carbons (Fsp3) is 0.682. The van der Waals surface area contributed by atoms with E-state index in [1.165, 1.54) is 0 Å². The van der Waals surface area contributed by atoms with E-state index in [9.17, 15) is 13.2 Å². The van der Waals surface area contributed by atoms with Crippen LogP contribution >= 0.6 is 0 Å². The van der Waals surface area contributed by atoms with E-state index in [-0.39, 0.29) is 18.2 Å². The van der Waals surface area contributed by atoms with Crippen LogP contribution in [-0.4, -0.2) is 62.6 Å². The highest BCUT2D eigenvalue weighted by atomic mass is 32.2. The second-order valence-corrected chi connectivity index (χ2v) is 10.4. The molecule has 30 heavy (non-hydrogen) atoms. The topological polar surface area (TPSA) is 76.2 Å². The minimum Gasteiger partial charge on any atom is -0.496 e. The van der Waals surface area contributed by atoms with E-state index in [0.29, 0.717) is 54.7 Å². The third kappa shape index (κ3) is 3.91. The van der Waals surface area contributed by atoms with Crippen molar-refractivity contribution in [2.45, 2.75) is 70.9 Å². The van der Waals surface area contributed by atoms with Crippen LogP contribution in [0.2, 0.25) is 0 Å². The molecule has 0 aliphatic carbocycles. The van der Waals surface area contributed by atoms with Crippen molar-refractivity contribution in [1.29, 1.82) is 0 Å². The standard InChI is InChI=1S/C22H34N2O5S/c1-7-14(2)19-13-29-22(25)24(19)18-8-10-23(11-9-18)30(26,27)21-15(3)12-20(28-6)16(4)17(21)5/h12,14,18-19H,7-11,13H2,1-6H3. The van der Waals surface area contributed by atoms with Crippen LogP contribution in [0.3, 0.4) is 0 Å². The van der Waals surface area contributed by atoms with Crippen LogP contribution in [0.4, 0.5) is 4.79 Å². The summed E-state index contributed by atoms with van der Waals surface area (Å²) < 4.78 is 39.2. The lowest BCUT2D eigenvalue weighted by Crippen LogP contribution is -2.51. The Morgan fingerprint density at radius 2 is 1.83 bits per heavy atom. The van der Waals surface area contributed by atoms with Gasteiger partial charge in [-0.25, -0.2) is 13.2 Å². The number of cyclic esters (lactones) is 1. The molecule has 1 aromatic carbocycles. The lowest BCUT2D eigenvalue weighted by Gasteiger charge is -2.39. The number of benzene rings is 1. The average Bonchev–Trinajstić information content (AvgIpc) is 3.11. The molecule has 1 amide bonds. The van der Waals surface area contributed by atoms with Crippen molar-refractivity contribution < 1.29 is 22.7 Å². The van der Waals surface area contributed by atoms with E-state index in [1.54, 1.807) is 17.5 Å². The highest BCUT2D eigenvalue weighted by Gasteiger charge is 2.43. The van der Waals surface area contributed by atoms with E-state index in [4.69, 9.17) is 9.47 Å². The van der Waals surface area contributed by atoms with Crippen LogP contribution in [0, 0.1) is 26.7 Å². The molecule has 8 heteroatoms. The van der Waals surface area contributed by atoms with E-state index >= 15 is 0 Å². The number of aryl methyl sites for hydroxylation is 1. The number of piperidine rings is 1. The molecule has 2 unspecified atom stereocenters. The summed E-state index contributed by atoms with van der Waals surface area (Å²) in [5.41, 5.74) is 2.26. The molecule has 0 bridgehead atoms. The third-order valence-corrected chi connectivity index (χ3v) is 9.05. The lowest BCUT2D eigenvalue weighted by molar-refractivity contribution is 0.114. The van der Waals surface area contributed by atoms with Gasteiger partial charge in [0.2, 0.25) is 10.0 Å². The van der Waals surface area contributed by atoms with E-state index < -0.39 is 10.0 Å². The summed E-state index contributed by atoms with van der Waals surface area (Å²) in [7, 11) is -2.03. The predicted octanol–water partition coefficient (Wildman–Crippen LogP) is 3.64. The summed E-state index contributed by atoms with van der Waals surface area (Å²) in [5, 5.41) is 0. The molecule has 2 heterocycles. The second kappa shape index (κ2) is 8.75. The molecule has 1 aromatic rings. The van der Waals surface area contributed by atoms with Crippen molar-refractivity contribution >= 4 is 16.1 Å². The molecule has 0 spiro atoms. The first kappa shape index (κ1) is 22.9. The van der Waals surface area contributed by atoms with Gasteiger partial charge in [0.15, 0.2) is 0 Å². The zero-order chi connectivity index (χ0) is 22.2. The van der Waals surface area contributed by atoms with Crippen molar-refractivity contribution in [3.8, 4) is 5.75 Å². The summed E-state index contributed by atoms with van der Waals surface area (Å²) in [5.74, 6) is 1.05. The highest BCUT2D eigenvalue weighted by Crippen LogP contribution is 2.35. The van der Waals surface area contributed by atoms with Gasteiger partial charge in [-0.05, 0) is 62.3 Å². The normalized spacial score (nSPS) is 22.3. The lowest BCUT2D eigenvalue weighted by atomic mass is 9.95. The van der Waals surface area contributed by atoms with Gasteiger partial charge >= 0.3 is 6.09 Å². The van der Waals surface area contributed by atoms with Gasteiger partial charge in [0.05, 0.1) is 18.0 Å². The quantitative estimate of drug-likeness (QED) is 0.678. The first-order chi connectivity index (χ1) is 14.1. The van der Waals surface area contributed by atoms with Crippen molar-refractivity contribution in [2.24, 2.45) is 5.92 Å². The molecular weight excluding hydrogens is 404 g/mol. The smallest absolute Gasteiger partial charge is 0.410 e. The Hall–Kier alpha value is -1.80. The summed E-state index contributed by atoms with van der Waals surface area (Å²) in [6.45, 7) is 11.0. The van der Waals surface area contributed by atoms with Gasteiger partial charge in [0.1, 0.15) is 12.4 Å². The molecule has 3 rings (SSSR count). The van der Waals surface area contributed by atoms with E-state index in [1.807, 2.05) is 25.7 Å². The fourth-order valence-corrected chi connectivity index (χ4v) is 6.65. The number of carbonyl (C=O) groups excluding carboxylic acids is 1. The van der Waals surface area contributed by atoms with Gasteiger partial charge in [0.25, 0.3) is 0 Å². The number of ether oxygens (including phenoxy) is 2. The van der Waals surface area contributed by atoms with Gasteiger partial charge in [-0.15, -0.1) is 0 Å². The van der Waals surface area contributed by atoms with Gasteiger partial charge < -0.3 is 9.47 Å². The number of hydrogen-bond acceptors (Lipinski definition) is 5. The molecule has 2 aliphatic heterocycles. The Morgan fingerprint density at radius 3 is 2.40 bits per heavy atom. The number of methoxy groups -OCH3 is 1. The monoisotopic (exact) mass is 438 g/mol. The number of carbonyl (C=O) groups is 1. The second-order valence-electron chi connectivity index (χ2n) is 8.55. The molecular formula is C22H34N2O5S. The molecule has 0 aromatic heterocycles. The molecule has 2 saturated heterocycles. The average molecular weight is 439 g/mol. The van der Waals surface area contributed by atoms with Gasteiger partial charge in [0, 0.05) is 19.1 Å². The zero-order valence-electron chi connectivity index (χ0n) is 18.9. The van der Waals surface area contributed by atoms with Crippen LogP contribution in [-0.2, 0) is 14.8 Å². The highest BCUT2D eigenvalue weighted by molar-refractivity contribution is 7.89. The Kier molecular flexibility index (Phi) is 6.67. The van der Waals surface area contributed by atoms with Gasteiger partial charge in [-0.3, -0.25) is 4.90 Å². The molecule has 168 valence electrons. The largest absolute Gasteiger partial charge is 0.496 e. The minimum absolute atomic E-state index is 0.0187. The van der Waals surface area contributed by atoms with Gasteiger partial charge in [-0.1, -0.05) is 20.3 Å². The summed E-state index contributed by atoms with van der Waals surface area (Å²) in [4.78, 5) is 14.6. The number of sulfonamides is 1. The van der Waals surface area contributed by atoms with Crippen molar-refractivity contribution in [1.82, 2.24) is 9.21 Å². The summed E-state index contributed by atoms with van der Waals surface area (Å²) in [6.07, 6.45) is 1.95.